The molecule has 3 aliphatic heterocycles. The van der Waals surface area contributed by atoms with Crippen molar-refractivity contribution < 1.29 is 33.8 Å². The lowest BCUT2D eigenvalue weighted by Gasteiger charge is -2.37. The topological polar surface area (TPSA) is 120 Å². The molecule has 3 aliphatic rings. The molecule has 0 saturated carbocycles. The van der Waals surface area contributed by atoms with Crippen LogP contribution in [0.4, 0.5) is 11.4 Å². The van der Waals surface area contributed by atoms with E-state index >= 15 is 0 Å². The Morgan fingerprint density at radius 1 is 1.06 bits per heavy atom. The van der Waals surface area contributed by atoms with Gasteiger partial charge in [0.2, 0.25) is 11.8 Å². The molecule has 51 heavy (non-hydrogen) atoms. The summed E-state index contributed by atoms with van der Waals surface area (Å²) in [5.74, 6) is -3.44. The largest absolute Gasteiger partial charge is 0.455 e. The van der Waals surface area contributed by atoms with Crippen LogP contribution in [0.25, 0.3) is 0 Å². The number of hydrogen-bond donors (Lipinski definition) is 1. The first kappa shape index (κ1) is 37.8. The second-order valence-electron chi connectivity index (χ2n) is 13.6. The highest BCUT2D eigenvalue weighted by Gasteiger charge is 2.75. The van der Waals surface area contributed by atoms with Gasteiger partial charge in [-0.05, 0) is 69.9 Å². The van der Waals surface area contributed by atoms with Crippen molar-refractivity contribution in [2.45, 2.75) is 76.3 Å². The van der Waals surface area contributed by atoms with Gasteiger partial charge in [-0.3, -0.25) is 19.2 Å². The molecule has 2 aromatic carbocycles. The van der Waals surface area contributed by atoms with E-state index in [0.717, 1.165) is 18.8 Å². The number of hydrogen-bond acceptors (Lipinski definition) is 8. The molecule has 7 atom stereocenters. The molecule has 11 nitrogen and oxygen atoms in total. The number of amides is 3. The molecular weight excluding hydrogens is 648 g/mol. The van der Waals surface area contributed by atoms with E-state index in [9.17, 15) is 24.3 Å². The smallest absolute Gasteiger partial charge is 0.313 e. The van der Waals surface area contributed by atoms with Crippen LogP contribution in [0, 0.1) is 11.8 Å². The van der Waals surface area contributed by atoms with Crippen molar-refractivity contribution in [1.29, 1.82) is 0 Å². The molecule has 0 aromatic heterocycles. The van der Waals surface area contributed by atoms with Crippen LogP contribution in [0.3, 0.4) is 0 Å². The first-order valence-electron chi connectivity index (χ1n) is 18.1. The summed E-state index contributed by atoms with van der Waals surface area (Å²) >= 11 is 0. The Morgan fingerprint density at radius 2 is 1.73 bits per heavy atom. The molecule has 3 amide bonds. The maximum atomic E-state index is 14.7. The zero-order valence-corrected chi connectivity index (χ0v) is 30.3. The second-order valence-corrected chi connectivity index (χ2v) is 13.6. The van der Waals surface area contributed by atoms with E-state index in [1.54, 1.807) is 29.0 Å². The van der Waals surface area contributed by atoms with Crippen LogP contribution in [-0.4, -0.2) is 102 Å². The van der Waals surface area contributed by atoms with Crippen molar-refractivity contribution in [1.82, 2.24) is 9.80 Å². The van der Waals surface area contributed by atoms with E-state index in [4.69, 9.17) is 9.47 Å². The van der Waals surface area contributed by atoms with Crippen LogP contribution >= 0.6 is 0 Å². The average Bonchev–Trinajstić information content (AvgIpc) is 3.79. The van der Waals surface area contributed by atoms with Gasteiger partial charge in [0.25, 0.3) is 5.91 Å². The number of allylic oxidation sites excluding steroid dienone is 1. The third-order valence-corrected chi connectivity index (χ3v) is 10.9. The first-order valence-corrected chi connectivity index (χ1v) is 18.1. The summed E-state index contributed by atoms with van der Waals surface area (Å²) in [6.07, 6.45) is 3.53. The fourth-order valence-corrected chi connectivity index (χ4v) is 8.20. The Kier molecular flexibility index (Phi) is 12.0. The Balaban J connectivity index is 1.46. The summed E-state index contributed by atoms with van der Waals surface area (Å²) in [4.78, 5) is 63.2. The highest BCUT2D eigenvalue weighted by atomic mass is 16.6. The fraction of sp³-hybridized carbons (Fsp3) is 0.500. The number of nitrogens with zero attached hydrogens (tertiary/aromatic N) is 4. The van der Waals surface area contributed by atoms with Crippen LogP contribution in [-0.2, 0) is 28.7 Å². The van der Waals surface area contributed by atoms with Gasteiger partial charge in [-0.15, -0.1) is 13.2 Å². The molecule has 11 heteroatoms. The summed E-state index contributed by atoms with van der Waals surface area (Å²) in [5.41, 5.74) is 1.10. The maximum Gasteiger partial charge on any atom is 0.313 e. The number of aliphatic hydroxyl groups is 1. The van der Waals surface area contributed by atoms with Crippen molar-refractivity contribution >= 4 is 35.1 Å². The van der Waals surface area contributed by atoms with E-state index in [1.807, 2.05) is 61.5 Å². The molecule has 5 rings (SSSR count). The van der Waals surface area contributed by atoms with Crippen LogP contribution < -0.4 is 9.80 Å². The first-order chi connectivity index (χ1) is 24.6. The van der Waals surface area contributed by atoms with Crippen molar-refractivity contribution in [2.24, 2.45) is 11.8 Å². The molecule has 274 valence electrons. The number of aliphatic hydroxyl groups excluding tert-OH is 1. The summed E-state index contributed by atoms with van der Waals surface area (Å²) < 4.78 is 12.9. The second kappa shape index (κ2) is 16.2. The minimum Gasteiger partial charge on any atom is -0.455 e. The van der Waals surface area contributed by atoms with Crippen molar-refractivity contribution in [3.05, 3.63) is 85.5 Å². The third kappa shape index (κ3) is 7.06. The van der Waals surface area contributed by atoms with Gasteiger partial charge in [-0.2, -0.15) is 0 Å². The van der Waals surface area contributed by atoms with Crippen molar-refractivity contribution in [3.63, 3.8) is 0 Å². The summed E-state index contributed by atoms with van der Waals surface area (Å²) in [6, 6.07) is 15.3. The molecule has 3 saturated heterocycles. The molecule has 3 heterocycles. The number of carbonyl (C=O) groups is 4. The monoisotopic (exact) mass is 700 g/mol. The number of anilines is 2. The van der Waals surface area contributed by atoms with E-state index in [2.05, 4.69) is 31.9 Å². The summed E-state index contributed by atoms with van der Waals surface area (Å²) in [7, 11) is 1.69. The molecule has 0 aliphatic carbocycles. The van der Waals surface area contributed by atoms with Gasteiger partial charge in [-0.1, -0.05) is 42.5 Å². The fourth-order valence-electron chi connectivity index (χ4n) is 8.20. The number of β-amino-alcohol motifs (C(OH)–C–C–N with tert-alkyl or cyclic N) is 1. The number of benzene rings is 2. The molecule has 0 radical (unpaired) electrons. The SMILES string of the molecule is C=CCCC(=O)N(C)[C@@H](C)[C@@H](OC(=O)[C@@H]1[C@@H]2CC[C@]3(O2)[C@H](C(=O)N(CC=C)c2ccc(N(CC)CC)cc2)N(CCO)C(=O)[C@@H]13)c1ccccc1. The van der Waals surface area contributed by atoms with E-state index in [0.29, 0.717) is 30.5 Å². The van der Waals surface area contributed by atoms with Crippen LogP contribution in [0.1, 0.15) is 58.1 Å². The zero-order valence-electron chi connectivity index (χ0n) is 30.3. The number of esters is 1. The third-order valence-electron chi connectivity index (χ3n) is 10.9. The summed E-state index contributed by atoms with van der Waals surface area (Å²) in [5, 5.41) is 10.1. The molecule has 1 N–H and O–H groups in total. The van der Waals surface area contributed by atoms with Gasteiger partial charge in [-0.25, -0.2) is 0 Å². The van der Waals surface area contributed by atoms with Gasteiger partial charge in [0, 0.05) is 51.0 Å². The predicted molar refractivity (Wildman–Crippen MR) is 196 cm³/mol. The van der Waals surface area contributed by atoms with Gasteiger partial charge in [0.1, 0.15) is 17.7 Å². The molecular formula is C40H52N4O7. The molecule has 2 bridgehead atoms. The number of fused-ring (bicyclic) bond motifs is 1. The van der Waals surface area contributed by atoms with Crippen LogP contribution in [0.5, 0.6) is 0 Å². The minimum atomic E-state index is -1.27. The molecule has 2 aromatic rings. The Bertz CT molecular complexity index is 1580. The predicted octanol–water partition coefficient (Wildman–Crippen LogP) is 4.52. The summed E-state index contributed by atoms with van der Waals surface area (Å²) in [6.45, 7) is 15.0. The highest BCUT2D eigenvalue weighted by Crippen LogP contribution is 2.59. The molecule has 3 fully saturated rings. The van der Waals surface area contributed by atoms with Gasteiger partial charge in [0.15, 0.2) is 0 Å². The van der Waals surface area contributed by atoms with Crippen molar-refractivity contribution in [2.75, 3.05) is 49.6 Å². The van der Waals surface area contributed by atoms with E-state index in [1.165, 1.54) is 4.90 Å². The lowest BCUT2D eigenvalue weighted by Crippen LogP contribution is -2.56. The molecule has 1 spiro atoms. The highest BCUT2D eigenvalue weighted by molar-refractivity contribution is 6.04. The standard InChI is InChI=1S/C40H52N4O7/c1-7-11-17-32(46)41(6)27(5)35(28-15-13-12-14-16-28)50-39(49)33-31-22-23-40(51-31)34(33)37(47)44(25-26-45)36(40)38(48)43(24-8-2)30-20-18-29(19-21-30)42(9-3)10-4/h7-8,12-16,18-21,27,31,33-36,45H,1-2,9-11,17,22-26H2,3-6H3/t27-,31-,33+,34+,35+,36-,40+/m0/s1. The zero-order chi connectivity index (χ0) is 36.9. The van der Waals surface area contributed by atoms with Crippen LogP contribution in [0.15, 0.2) is 79.9 Å². The van der Waals surface area contributed by atoms with E-state index in [-0.39, 0.29) is 37.9 Å². The van der Waals surface area contributed by atoms with Gasteiger partial charge >= 0.3 is 5.97 Å². The average molecular weight is 701 g/mol. The number of carbonyl (C=O) groups excluding carboxylic acids is 4. The number of rotatable bonds is 17. The Hall–Kier alpha value is -4.48. The number of likely N-dealkylation sites (tertiary alicyclic amines) is 1. The minimum absolute atomic E-state index is 0.0899. The Morgan fingerprint density at radius 3 is 2.33 bits per heavy atom. The van der Waals surface area contributed by atoms with Crippen LogP contribution in [0.2, 0.25) is 0 Å². The van der Waals surface area contributed by atoms with Gasteiger partial charge < -0.3 is 34.2 Å². The lowest BCUT2D eigenvalue weighted by atomic mass is 9.70. The lowest BCUT2D eigenvalue weighted by molar-refractivity contribution is -0.164. The Labute approximate surface area is 301 Å². The number of ether oxygens (including phenoxy) is 2. The van der Waals surface area contributed by atoms with E-state index < -0.39 is 53.6 Å². The molecule has 0 unspecified atom stereocenters. The van der Waals surface area contributed by atoms with Gasteiger partial charge in [0.05, 0.1) is 30.6 Å². The maximum absolute atomic E-state index is 14.7. The quantitative estimate of drug-likeness (QED) is 0.189. The normalized spacial score (nSPS) is 24.4. The number of likely N-dealkylation sites (N-methyl/N-ethyl adjacent to an activating group) is 1. The van der Waals surface area contributed by atoms with Crippen molar-refractivity contribution in [3.8, 4) is 0 Å².